The van der Waals surface area contributed by atoms with Gasteiger partial charge < -0.3 is 14.8 Å². The number of hydrogen-bond donors (Lipinski definition) is 1. The zero-order chi connectivity index (χ0) is 14.5. The van der Waals surface area contributed by atoms with Gasteiger partial charge in [0.25, 0.3) is 0 Å². The molecule has 21 heavy (non-hydrogen) atoms. The molecule has 3 rings (SSSR count). The van der Waals surface area contributed by atoms with Crippen LogP contribution in [0.15, 0.2) is 18.2 Å². The van der Waals surface area contributed by atoms with Crippen molar-refractivity contribution >= 4 is 11.8 Å². The third-order valence-corrected chi connectivity index (χ3v) is 5.64. The molecule has 3 nitrogen and oxygen atoms in total. The van der Waals surface area contributed by atoms with E-state index >= 15 is 0 Å². The third-order valence-electron chi connectivity index (χ3n) is 4.36. The van der Waals surface area contributed by atoms with E-state index in [9.17, 15) is 0 Å². The molecule has 1 aromatic carbocycles. The topological polar surface area (TPSA) is 30.5 Å². The Labute approximate surface area is 131 Å². The van der Waals surface area contributed by atoms with Crippen LogP contribution < -0.4 is 14.8 Å². The zero-order valence-electron chi connectivity index (χ0n) is 12.8. The first-order chi connectivity index (χ1) is 10.4. The van der Waals surface area contributed by atoms with Crippen LogP contribution in [0, 0.1) is 5.92 Å². The largest absolute Gasteiger partial charge is 0.454 e. The average molecular weight is 307 g/mol. The Kier molecular flexibility index (Phi) is 5.31. The Morgan fingerprint density at radius 1 is 1.24 bits per heavy atom. The first kappa shape index (κ1) is 15.0. The van der Waals surface area contributed by atoms with Crippen LogP contribution in [-0.2, 0) is 0 Å². The van der Waals surface area contributed by atoms with Crippen molar-refractivity contribution in [3.63, 3.8) is 0 Å². The number of hydrogen-bond acceptors (Lipinski definition) is 4. The van der Waals surface area contributed by atoms with E-state index in [0.717, 1.165) is 29.7 Å². The van der Waals surface area contributed by atoms with Crippen molar-refractivity contribution in [1.82, 2.24) is 5.32 Å². The fraction of sp³-hybridized carbons (Fsp3) is 0.647. The van der Waals surface area contributed by atoms with Crippen molar-refractivity contribution in [3.05, 3.63) is 23.8 Å². The smallest absolute Gasteiger partial charge is 0.231 e. The van der Waals surface area contributed by atoms with Crippen LogP contribution in [0.1, 0.15) is 44.2 Å². The Bertz CT molecular complexity index is 460. The molecule has 0 bridgehead atoms. The highest BCUT2D eigenvalue weighted by molar-refractivity contribution is 7.99. The van der Waals surface area contributed by atoms with Crippen molar-refractivity contribution in [2.45, 2.75) is 38.6 Å². The third kappa shape index (κ3) is 3.86. The van der Waals surface area contributed by atoms with Gasteiger partial charge in [-0.25, -0.2) is 0 Å². The molecule has 4 heteroatoms. The van der Waals surface area contributed by atoms with Crippen molar-refractivity contribution in [3.8, 4) is 11.5 Å². The molecule has 2 aliphatic rings. The van der Waals surface area contributed by atoms with Crippen molar-refractivity contribution in [2.75, 3.05) is 24.8 Å². The maximum Gasteiger partial charge on any atom is 0.231 e. The molecule has 1 N–H and O–H groups in total. The molecule has 0 saturated heterocycles. The molecule has 0 amide bonds. The Balaban J connectivity index is 1.57. The maximum atomic E-state index is 5.50. The van der Waals surface area contributed by atoms with E-state index in [1.54, 1.807) is 0 Å². The van der Waals surface area contributed by atoms with Crippen LogP contribution in [0.5, 0.6) is 11.5 Å². The minimum atomic E-state index is 0.348. The molecular formula is C17H25NO2S. The monoisotopic (exact) mass is 307 g/mol. The van der Waals surface area contributed by atoms with Crippen LogP contribution in [0.25, 0.3) is 0 Å². The van der Waals surface area contributed by atoms with Crippen molar-refractivity contribution < 1.29 is 9.47 Å². The Hall–Kier alpha value is -0.870. The summed E-state index contributed by atoms with van der Waals surface area (Å²) in [5.74, 6) is 5.15. The zero-order valence-corrected chi connectivity index (χ0v) is 13.6. The van der Waals surface area contributed by atoms with Gasteiger partial charge in [-0.05, 0) is 48.8 Å². The lowest BCUT2D eigenvalue weighted by Crippen LogP contribution is -2.23. The number of rotatable bonds is 7. The van der Waals surface area contributed by atoms with E-state index in [1.165, 1.54) is 37.0 Å². The summed E-state index contributed by atoms with van der Waals surface area (Å²) in [6.45, 7) is 3.51. The minimum Gasteiger partial charge on any atom is -0.454 e. The summed E-state index contributed by atoms with van der Waals surface area (Å²) in [6, 6.07) is 6.72. The van der Waals surface area contributed by atoms with Gasteiger partial charge in [0.1, 0.15) is 0 Å². The van der Waals surface area contributed by atoms with Crippen LogP contribution in [0.2, 0.25) is 0 Å². The second-order valence-corrected chi connectivity index (χ2v) is 6.99. The molecule has 1 atom stereocenters. The molecule has 1 aromatic rings. The van der Waals surface area contributed by atoms with Gasteiger partial charge in [-0.1, -0.05) is 25.8 Å². The number of benzene rings is 1. The first-order valence-electron chi connectivity index (χ1n) is 8.07. The van der Waals surface area contributed by atoms with Gasteiger partial charge >= 0.3 is 0 Å². The maximum absolute atomic E-state index is 5.50. The second kappa shape index (κ2) is 7.41. The van der Waals surface area contributed by atoms with Gasteiger partial charge in [-0.2, -0.15) is 11.8 Å². The predicted octanol–water partition coefficient (Wildman–Crippen LogP) is 3.99. The van der Waals surface area contributed by atoms with Crippen molar-refractivity contribution in [1.29, 1.82) is 0 Å². The molecule has 0 aromatic heterocycles. The van der Waals surface area contributed by atoms with Crippen LogP contribution >= 0.6 is 11.8 Å². The summed E-state index contributed by atoms with van der Waals surface area (Å²) in [6.07, 6.45) is 5.74. The lowest BCUT2D eigenvalue weighted by Gasteiger charge is -2.19. The SMILES string of the molecule is CCNC(CSCC1CCCC1)c1ccc2c(c1)OCO2. The fourth-order valence-corrected chi connectivity index (χ4v) is 4.53. The van der Waals surface area contributed by atoms with E-state index in [0.29, 0.717) is 12.8 Å². The molecule has 1 aliphatic carbocycles. The van der Waals surface area contributed by atoms with Crippen LogP contribution in [0.4, 0.5) is 0 Å². The van der Waals surface area contributed by atoms with E-state index in [1.807, 2.05) is 6.07 Å². The van der Waals surface area contributed by atoms with Gasteiger partial charge in [0, 0.05) is 11.8 Å². The highest BCUT2D eigenvalue weighted by Crippen LogP contribution is 2.35. The van der Waals surface area contributed by atoms with Crippen LogP contribution in [-0.4, -0.2) is 24.8 Å². The van der Waals surface area contributed by atoms with Gasteiger partial charge in [0.15, 0.2) is 11.5 Å². The summed E-state index contributed by atoms with van der Waals surface area (Å²) in [5.41, 5.74) is 1.31. The number of fused-ring (bicyclic) bond motifs is 1. The van der Waals surface area contributed by atoms with E-state index in [4.69, 9.17) is 9.47 Å². The highest BCUT2D eigenvalue weighted by Gasteiger charge is 2.19. The van der Waals surface area contributed by atoms with E-state index in [-0.39, 0.29) is 0 Å². The molecule has 0 radical (unpaired) electrons. The number of ether oxygens (including phenoxy) is 2. The predicted molar refractivity (Wildman–Crippen MR) is 88.3 cm³/mol. The highest BCUT2D eigenvalue weighted by atomic mass is 32.2. The summed E-state index contributed by atoms with van der Waals surface area (Å²) in [7, 11) is 0. The van der Waals surface area contributed by atoms with Crippen LogP contribution in [0.3, 0.4) is 0 Å². The van der Waals surface area contributed by atoms with Gasteiger partial charge in [-0.3, -0.25) is 0 Å². The molecule has 1 heterocycles. The molecule has 1 fully saturated rings. The van der Waals surface area contributed by atoms with Gasteiger partial charge in [-0.15, -0.1) is 0 Å². The molecule has 0 spiro atoms. The molecule has 1 unspecified atom stereocenters. The molecule has 1 aliphatic heterocycles. The Morgan fingerprint density at radius 3 is 2.86 bits per heavy atom. The number of nitrogens with one attached hydrogen (secondary N) is 1. The van der Waals surface area contributed by atoms with E-state index < -0.39 is 0 Å². The molecule has 1 saturated carbocycles. The van der Waals surface area contributed by atoms with Gasteiger partial charge in [0.05, 0.1) is 0 Å². The standard InChI is InChI=1S/C17H25NO2S/c1-2-18-15(11-21-10-13-5-3-4-6-13)14-7-8-16-17(9-14)20-12-19-16/h7-9,13,15,18H,2-6,10-12H2,1H3. The summed E-state index contributed by atoms with van der Waals surface area (Å²) < 4.78 is 10.9. The summed E-state index contributed by atoms with van der Waals surface area (Å²) in [5, 5.41) is 3.60. The van der Waals surface area contributed by atoms with Gasteiger partial charge in [0.2, 0.25) is 6.79 Å². The normalized spacial score (nSPS) is 19.1. The summed E-state index contributed by atoms with van der Waals surface area (Å²) >= 11 is 2.09. The fourth-order valence-electron chi connectivity index (χ4n) is 3.18. The molecule has 116 valence electrons. The number of thioether (sulfide) groups is 1. The summed E-state index contributed by atoms with van der Waals surface area (Å²) in [4.78, 5) is 0. The van der Waals surface area contributed by atoms with E-state index in [2.05, 4.69) is 36.1 Å². The second-order valence-electron chi connectivity index (χ2n) is 5.91. The Morgan fingerprint density at radius 2 is 2.05 bits per heavy atom. The lowest BCUT2D eigenvalue weighted by molar-refractivity contribution is 0.174. The average Bonchev–Trinajstić information content (AvgIpc) is 3.16. The first-order valence-corrected chi connectivity index (χ1v) is 9.23. The lowest BCUT2D eigenvalue weighted by atomic mass is 10.1. The van der Waals surface area contributed by atoms with Crippen molar-refractivity contribution in [2.24, 2.45) is 5.92 Å². The molecular weight excluding hydrogens is 282 g/mol. The quantitative estimate of drug-likeness (QED) is 0.825. The minimum absolute atomic E-state index is 0.348.